The highest BCUT2D eigenvalue weighted by Crippen LogP contribution is 2.36. The first kappa shape index (κ1) is 14.9. The zero-order chi connectivity index (χ0) is 15.6. The summed E-state index contributed by atoms with van der Waals surface area (Å²) in [4.78, 5) is 23.9. The van der Waals surface area contributed by atoms with E-state index in [9.17, 15) is 14.7 Å². The molecule has 116 valence electrons. The Kier molecular flexibility index (Phi) is 4.06. The molecule has 0 aromatic heterocycles. The molecule has 0 atom stereocenters. The molecular weight excluding hydrogens is 302 g/mol. The SMILES string of the molecule is O=C(NCC1(C(=O)O)CCCCC1)c1ccc2c(c1)N=S=N2. The Balaban J connectivity index is 1.69. The molecular formula is C15H17N3O3S. The van der Waals surface area contributed by atoms with Gasteiger partial charge in [0.05, 0.1) is 16.8 Å². The summed E-state index contributed by atoms with van der Waals surface area (Å²) in [5.41, 5.74) is 1.11. The number of amides is 1. The molecule has 6 nitrogen and oxygen atoms in total. The number of carbonyl (C=O) groups is 2. The molecule has 2 N–H and O–H groups in total. The number of hydrogen-bond donors (Lipinski definition) is 2. The summed E-state index contributed by atoms with van der Waals surface area (Å²) in [6.45, 7) is 0.175. The van der Waals surface area contributed by atoms with Gasteiger partial charge in [0.25, 0.3) is 5.91 Å². The van der Waals surface area contributed by atoms with Gasteiger partial charge in [-0.3, -0.25) is 9.59 Å². The van der Waals surface area contributed by atoms with Crippen molar-refractivity contribution in [1.82, 2.24) is 5.32 Å². The summed E-state index contributed by atoms with van der Waals surface area (Å²) >= 11 is 1.10. The number of aliphatic carboxylic acids is 1. The number of carboxylic acid groups (broad SMARTS) is 1. The van der Waals surface area contributed by atoms with E-state index < -0.39 is 11.4 Å². The lowest BCUT2D eigenvalue weighted by atomic mass is 9.74. The molecule has 0 unspecified atom stereocenters. The van der Waals surface area contributed by atoms with E-state index in [2.05, 4.69) is 14.0 Å². The van der Waals surface area contributed by atoms with Crippen LogP contribution in [-0.2, 0) is 16.1 Å². The number of carboxylic acids is 1. The molecule has 0 bridgehead atoms. The number of fused-ring (bicyclic) bond motifs is 1. The molecule has 22 heavy (non-hydrogen) atoms. The Morgan fingerprint density at radius 1 is 1.18 bits per heavy atom. The van der Waals surface area contributed by atoms with E-state index in [1.807, 2.05) is 0 Å². The Morgan fingerprint density at radius 2 is 1.91 bits per heavy atom. The first-order valence-electron chi connectivity index (χ1n) is 7.35. The predicted molar refractivity (Wildman–Crippen MR) is 83.5 cm³/mol. The lowest BCUT2D eigenvalue weighted by Gasteiger charge is -2.33. The Morgan fingerprint density at radius 3 is 2.64 bits per heavy atom. The third-order valence-electron chi connectivity index (χ3n) is 4.37. The first-order chi connectivity index (χ1) is 10.6. The fraction of sp³-hybridized carbons (Fsp3) is 0.467. The van der Waals surface area contributed by atoms with Crippen LogP contribution in [-0.4, -0.2) is 23.5 Å². The topological polar surface area (TPSA) is 91.1 Å². The lowest BCUT2D eigenvalue weighted by molar-refractivity contribution is -0.150. The maximum Gasteiger partial charge on any atom is 0.311 e. The summed E-state index contributed by atoms with van der Waals surface area (Å²) in [6.07, 6.45) is 4.11. The van der Waals surface area contributed by atoms with E-state index >= 15 is 0 Å². The van der Waals surface area contributed by atoms with Crippen molar-refractivity contribution >= 4 is 34.6 Å². The second-order valence-corrected chi connectivity index (χ2v) is 6.32. The highest BCUT2D eigenvalue weighted by atomic mass is 32.1. The van der Waals surface area contributed by atoms with Crippen LogP contribution in [0.15, 0.2) is 26.9 Å². The third kappa shape index (κ3) is 2.81. The zero-order valence-corrected chi connectivity index (χ0v) is 12.9. The highest BCUT2D eigenvalue weighted by Gasteiger charge is 2.39. The van der Waals surface area contributed by atoms with Gasteiger partial charge < -0.3 is 10.4 Å². The van der Waals surface area contributed by atoms with Crippen LogP contribution < -0.4 is 5.32 Å². The molecule has 1 amide bonds. The van der Waals surface area contributed by atoms with Crippen molar-refractivity contribution in [3.8, 4) is 0 Å². The number of carbonyl (C=O) groups excluding carboxylic acids is 1. The maximum atomic E-state index is 12.3. The van der Waals surface area contributed by atoms with E-state index in [0.29, 0.717) is 24.1 Å². The Bertz CT molecular complexity index is 689. The standard InChI is InChI=1S/C15H17N3O3S/c19-13(10-4-5-11-12(8-10)18-22-17-11)16-9-15(14(20)21)6-2-1-3-7-15/h4-5,8H,1-3,6-7,9H2,(H,16,19)(H,20,21). The van der Waals surface area contributed by atoms with Crippen LogP contribution in [0.3, 0.4) is 0 Å². The van der Waals surface area contributed by atoms with Gasteiger partial charge in [0.1, 0.15) is 11.4 Å². The van der Waals surface area contributed by atoms with Crippen LogP contribution in [0.2, 0.25) is 0 Å². The summed E-state index contributed by atoms with van der Waals surface area (Å²) in [6, 6.07) is 5.12. The van der Waals surface area contributed by atoms with Gasteiger partial charge in [0.15, 0.2) is 0 Å². The number of nitrogens with zero attached hydrogens (tertiary/aromatic N) is 2. The van der Waals surface area contributed by atoms with Crippen LogP contribution in [0, 0.1) is 5.41 Å². The number of hydrogen-bond acceptors (Lipinski definition) is 4. The smallest absolute Gasteiger partial charge is 0.311 e. The highest BCUT2D eigenvalue weighted by molar-refractivity contribution is 7.58. The number of nitrogens with one attached hydrogen (secondary N) is 1. The average Bonchev–Trinajstić information content (AvgIpc) is 3.01. The molecule has 0 radical (unpaired) electrons. The molecule has 0 saturated heterocycles. The molecule has 0 spiro atoms. The molecule has 3 rings (SSSR count). The van der Waals surface area contributed by atoms with Gasteiger partial charge in [-0.15, -0.1) is 0 Å². The lowest BCUT2D eigenvalue weighted by Crippen LogP contribution is -2.44. The second-order valence-electron chi connectivity index (χ2n) is 5.80. The molecule has 1 aliphatic carbocycles. The predicted octanol–water partition coefficient (Wildman–Crippen LogP) is 3.18. The van der Waals surface area contributed by atoms with Crippen molar-refractivity contribution in [1.29, 1.82) is 0 Å². The fourth-order valence-electron chi connectivity index (χ4n) is 2.97. The van der Waals surface area contributed by atoms with Crippen LogP contribution in [0.25, 0.3) is 0 Å². The summed E-state index contributed by atoms with van der Waals surface area (Å²) in [5.74, 6) is -1.08. The van der Waals surface area contributed by atoms with E-state index in [1.165, 1.54) is 0 Å². The molecule has 1 fully saturated rings. The number of rotatable bonds is 4. The minimum atomic E-state index is -0.819. The van der Waals surface area contributed by atoms with E-state index in [1.54, 1.807) is 18.2 Å². The minimum Gasteiger partial charge on any atom is -0.481 e. The Labute approximate surface area is 131 Å². The zero-order valence-electron chi connectivity index (χ0n) is 12.0. The van der Waals surface area contributed by atoms with Gasteiger partial charge in [0.2, 0.25) is 0 Å². The molecule has 7 heteroatoms. The van der Waals surface area contributed by atoms with Crippen LogP contribution in [0.5, 0.6) is 0 Å². The quantitative estimate of drug-likeness (QED) is 0.906. The molecule has 1 saturated carbocycles. The molecule has 1 aliphatic heterocycles. The van der Waals surface area contributed by atoms with Crippen LogP contribution in [0.4, 0.5) is 11.4 Å². The van der Waals surface area contributed by atoms with Gasteiger partial charge >= 0.3 is 5.97 Å². The van der Waals surface area contributed by atoms with Crippen molar-refractivity contribution in [2.24, 2.45) is 14.1 Å². The first-order valence-corrected chi connectivity index (χ1v) is 8.08. The molecule has 1 heterocycles. The molecule has 2 aliphatic rings. The van der Waals surface area contributed by atoms with Gasteiger partial charge in [-0.2, -0.15) is 8.73 Å². The van der Waals surface area contributed by atoms with Crippen molar-refractivity contribution in [3.05, 3.63) is 23.8 Å². The summed E-state index contributed by atoms with van der Waals surface area (Å²) in [7, 11) is 0. The monoisotopic (exact) mass is 319 g/mol. The molecule has 1 aromatic carbocycles. The minimum absolute atomic E-state index is 0.175. The van der Waals surface area contributed by atoms with Crippen LogP contribution >= 0.6 is 0 Å². The van der Waals surface area contributed by atoms with E-state index in [-0.39, 0.29) is 12.5 Å². The van der Waals surface area contributed by atoms with Gasteiger partial charge in [-0.05, 0) is 31.0 Å². The van der Waals surface area contributed by atoms with Gasteiger partial charge in [-0.25, -0.2) is 0 Å². The average molecular weight is 319 g/mol. The number of benzene rings is 1. The normalized spacial score (nSPS) is 18.4. The van der Waals surface area contributed by atoms with E-state index in [0.717, 1.165) is 36.3 Å². The largest absolute Gasteiger partial charge is 0.481 e. The fourth-order valence-corrected chi connectivity index (χ4v) is 3.49. The van der Waals surface area contributed by atoms with Crippen molar-refractivity contribution in [2.75, 3.05) is 6.54 Å². The van der Waals surface area contributed by atoms with Gasteiger partial charge in [0, 0.05) is 12.1 Å². The van der Waals surface area contributed by atoms with E-state index in [4.69, 9.17) is 0 Å². The maximum absolute atomic E-state index is 12.3. The van der Waals surface area contributed by atoms with Gasteiger partial charge in [-0.1, -0.05) is 19.3 Å². The molecule has 1 aromatic rings. The van der Waals surface area contributed by atoms with Crippen molar-refractivity contribution in [3.63, 3.8) is 0 Å². The Hall–Kier alpha value is -2.02. The second kappa shape index (κ2) is 6.00. The summed E-state index contributed by atoms with van der Waals surface area (Å²) in [5, 5.41) is 12.3. The summed E-state index contributed by atoms with van der Waals surface area (Å²) < 4.78 is 8.20. The van der Waals surface area contributed by atoms with Crippen LogP contribution in [0.1, 0.15) is 42.5 Å². The van der Waals surface area contributed by atoms with Crippen molar-refractivity contribution < 1.29 is 14.7 Å². The third-order valence-corrected chi connectivity index (χ3v) is 4.92. The van der Waals surface area contributed by atoms with Crippen molar-refractivity contribution in [2.45, 2.75) is 32.1 Å².